The second kappa shape index (κ2) is 5.88. The van der Waals surface area contributed by atoms with Crippen LogP contribution in [-0.2, 0) is 4.79 Å². The van der Waals surface area contributed by atoms with Gasteiger partial charge in [0.25, 0.3) is 5.91 Å². The molecule has 0 radical (unpaired) electrons. The zero-order chi connectivity index (χ0) is 14.8. The number of aromatic nitrogens is 1. The quantitative estimate of drug-likeness (QED) is 0.784. The first-order valence-corrected chi connectivity index (χ1v) is 7.59. The molecule has 1 aliphatic rings. The van der Waals surface area contributed by atoms with Gasteiger partial charge in [0.05, 0.1) is 6.04 Å². The van der Waals surface area contributed by atoms with Crippen LogP contribution in [0.5, 0.6) is 0 Å². The van der Waals surface area contributed by atoms with Crippen molar-refractivity contribution in [3.8, 4) is 0 Å². The normalized spacial score (nSPS) is 19.3. The Morgan fingerprint density at radius 3 is 2.60 bits per heavy atom. The fourth-order valence-electron chi connectivity index (χ4n) is 2.43. The molecule has 0 bridgehead atoms. The van der Waals surface area contributed by atoms with Crippen molar-refractivity contribution in [3.63, 3.8) is 0 Å². The maximum atomic E-state index is 12.2. The first-order valence-electron chi connectivity index (χ1n) is 6.71. The van der Waals surface area contributed by atoms with Crippen LogP contribution in [0.2, 0.25) is 0 Å². The molecular weight excluding hydrogens is 278 g/mol. The number of carboxylic acids is 1. The maximum Gasteiger partial charge on any atom is 0.329 e. The van der Waals surface area contributed by atoms with Crippen LogP contribution in [0, 0.1) is 0 Å². The van der Waals surface area contributed by atoms with E-state index in [1.165, 1.54) is 11.3 Å². The van der Waals surface area contributed by atoms with Crippen molar-refractivity contribution in [1.29, 1.82) is 0 Å². The van der Waals surface area contributed by atoms with Gasteiger partial charge in [-0.05, 0) is 19.8 Å². The molecule has 1 fully saturated rings. The van der Waals surface area contributed by atoms with Crippen LogP contribution >= 0.6 is 11.3 Å². The Kier molecular flexibility index (Phi) is 4.39. The minimum Gasteiger partial charge on any atom is -0.480 e. The number of rotatable bonds is 4. The molecule has 20 heavy (non-hydrogen) atoms. The van der Waals surface area contributed by atoms with Crippen LogP contribution in [0.25, 0.3) is 0 Å². The van der Waals surface area contributed by atoms with Gasteiger partial charge in [0.2, 0.25) is 0 Å². The molecule has 1 atom stereocenters. The SMILES string of the molecule is CC(N)c1nc(C(=O)NC2(C(=O)O)CCCCC2)cs1. The first-order chi connectivity index (χ1) is 9.44. The highest BCUT2D eigenvalue weighted by Gasteiger charge is 2.41. The van der Waals surface area contributed by atoms with Crippen molar-refractivity contribution >= 4 is 23.2 Å². The zero-order valence-corrected chi connectivity index (χ0v) is 12.2. The van der Waals surface area contributed by atoms with Crippen molar-refractivity contribution in [2.24, 2.45) is 5.73 Å². The second-order valence-electron chi connectivity index (χ2n) is 5.26. The molecule has 110 valence electrons. The van der Waals surface area contributed by atoms with E-state index in [9.17, 15) is 14.7 Å². The molecule has 1 aromatic rings. The predicted octanol–water partition coefficient (Wildman–Crippen LogP) is 1.68. The van der Waals surface area contributed by atoms with Gasteiger partial charge < -0.3 is 16.2 Å². The molecule has 6 nitrogen and oxygen atoms in total. The molecule has 1 unspecified atom stereocenters. The van der Waals surface area contributed by atoms with Gasteiger partial charge in [0, 0.05) is 5.38 Å². The van der Waals surface area contributed by atoms with E-state index < -0.39 is 17.4 Å². The van der Waals surface area contributed by atoms with Crippen LogP contribution in [-0.4, -0.2) is 27.5 Å². The number of nitrogens with zero attached hydrogens (tertiary/aromatic N) is 1. The average molecular weight is 297 g/mol. The summed E-state index contributed by atoms with van der Waals surface area (Å²) in [5.74, 6) is -1.40. The number of nitrogens with two attached hydrogens (primary N) is 1. The van der Waals surface area contributed by atoms with E-state index in [1.54, 1.807) is 12.3 Å². The fraction of sp³-hybridized carbons (Fsp3) is 0.615. The summed E-state index contributed by atoms with van der Waals surface area (Å²) in [6.07, 6.45) is 3.58. The number of carbonyl (C=O) groups is 2. The van der Waals surface area contributed by atoms with Crippen LogP contribution in [0.4, 0.5) is 0 Å². The van der Waals surface area contributed by atoms with E-state index in [4.69, 9.17) is 5.73 Å². The molecular formula is C13H19N3O3S. The van der Waals surface area contributed by atoms with E-state index in [-0.39, 0.29) is 11.7 Å². The summed E-state index contributed by atoms with van der Waals surface area (Å²) in [5, 5.41) is 14.4. The number of carboxylic acid groups (broad SMARTS) is 1. The van der Waals surface area contributed by atoms with Crippen molar-refractivity contribution < 1.29 is 14.7 Å². The second-order valence-corrected chi connectivity index (χ2v) is 6.15. The molecule has 2 rings (SSSR count). The first kappa shape index (κ1) is 14.9. The third-order valence-corrected chi connectivity index (χ3v) is 4.66. The number of thiazole rings is 1. The topological polar surface area (TPSA) is 105 Å². The summed E-state index contributed by atoms with van der Waals surface area (Å²) >= 11 is 1.31. The van der Waals surface area contributed by atoms with Gasteiger partial charge in [0.15, 0.2) is 0 Å². The van der Waals surface area contributed by atoms with Crippen LogP contribution in [0.3, 0.4) is 0 Å². The zero-order valence-electron chi connectivity index (χ0n) is 11.4. The van der Waals surface area contributed by atoms with Gasteiger partial charge in [-0.1, -0.05) is 19.3 Å². The number of nitrogens with one attached hydrogen (secondary N) is 1. The van der Waals surface area contributed by atoms with E-state index in [0.717, 1.165) is 19.3 Å². The molecule has 0 aromatic carbocycles. The lowest BCUT2D eigenvalue weighted by atomic mass is 9.81. The van der Waals surface area contributed by atoms with Gasteiger partial charge in [0.1, 0.15) is 16.2 Å². The molecule has 1 heterocycles. The number of amides is 1. The van der Waals surface area contributed by atoms with Gasteiger partial charge in [-0.25, -0.2) is 9.78 Å². The summed E-state index contributed by atoms with van der Waals surface area (Å²) in [5.41, 5.74) is 4.81. The summed E-state index contributed by atoms with van der Waals surface area (Å²) < 4.78 is 0. The average Bonchev–Trinajstić information content (AvgIpc) is 2.89. The van der Waals surface area contributed by atoms with Gasteiger partial charge in [-0.3, -0.25) is 4.79 Å². The van der Waals surface area contributed by atoms with E-state index in [0.29, 0.717) is 17.8 Å². The summed E-state index contributed by atoms with van der Waals surface area (Å²) in [7, 11) is 0. The van der Waals surface area contributed by atoms with Crippen molar-refractivity contribution in [2.45, 2.75) is 50.6 Å². The largest absolute Gasteiger partial charge is 0.480 e. The summed E-state index contributed by atoms with van der Waals surface area (Å²) in [4.78, 5) is 27.8. The monoisotopic (exact) mass is 297 g/mol. The molecule has 0 saturated heterocycles. The lowest BCUT2D eigenvalue weighted by molar-refractivity contribution is -0.145. The van der Waals surface area contributed by atoms with Crippen LogP contribution < -0.4 is 11.1 Å². The van der Waals surface area contributed by atoms with Crippen molar-refractivity contribution in [1.82, 2.24) is 10.3 Å². The maximum absolute atomic E-state index is 12.2. The summed E-state index contributed by atoms with van der Waals surface area (Å²) in [6.45, 7) is 1.79. The Labute approximate surface area is 121 Å². The Morgan fingerprint density at radius 1 is 1.45 bits per heavy atom. The number of carbonyl (C=O) groups excluding carboxylic acids is 1. The lowest BCUT2D eigenvalue weighted by Gasteiger charge is -2.33. The van der Waals surface area contributed by atoms with Gasteiger partial charge in [-0.2, -0.15) is 0 Å². The van der Waals surface area contributed by atoms with E-state index in [2.05, 4.69) is 10.3 Å². The lowest BCUT2D eigenvalue weighted by Crippen LogP contribution is -2.55. The molecule has 1 aromatic heterocycles. The fourth-order valence-corrected chi connectivity index (χ4v) is 3.19. The Hall–Kier alpha value is -1.47. The minimum atomic E-state index is -1.15. The number of hydrogen-bond acceptors (Lipinski definition) is 5. The van der Waals surface area contributed by atoms with Gasteiger partial charge >= 0.3 is 5.97 Å². The van der Waals surface area contributed by atoms with Crippen molar-refractivity contribution in [2.75, 3.05) is 0 Å². The number of hydrogen-bond donors (Lipinski definition) is 3. The van der Waals surface area contributed by atoms with Crippen LogP contribution in [0.1, 0.15) is 60.6 Å². The molecule has 0 spiro atoms. The summed E-state index contributed by atoms with van der Waals surface area (Å²) in [6, 6.07) is -0.232. The molecule has 1 aliphatic carbocycles. The third kappa shape index (κ3) is 2.99. The highest BCUT2D eigenvalue weighted by Crippen LogP contribution is 2.29. The minimum absolute atomic E-state index is 0.232. The molecule has 4 N–H and O–H groups in total. The van der Waals surface area contributed by atoms with Gasteiger partial charge in [-0.15, -0.1) is 11.3 Å². The standard InChI is InChI=1S/C13H19N3O3S/c1-8(14)11-15-9(7-20-11)10(17)16-13(12(18)19)5-3-2-4-6-13/h7-8H,2-6,14H2,1H3,(H,16,17)(H,18,19). The third-order valence-electron chi connectivity index (χ3n) is 3.61. The highest BCUT2D eigenvalue weighted by molar-refractivity contribution is 7.09. The van der Waals surface area contributed by atoms with Crippen LogP contribution in [0.15, 0.2) is 5.38 Å². The van der Waals surface area contributed by atoms with E-state index >= 15 is 0 Å². The Bertz CT molecular complexity index is 507. The number of aliphatic carboxylic acids is 1. The molecule has 1 amide bonds. The highest BCUT2D eigenvalue weighted by atomic mass is 32.1. The smallest absolute Gasteiger partial charge is 0.329 e. The molecule has 1 saturated carbocycles. The molecule has 7 heteroatoms. The molecule has 0 aliphatic heterocycles. The van der Waals surface area contributed by atoms with E-state index in [1.807, 2.05) is 0 Å². The Balaban J connectivity index is 2.13. The van der Waals surface area contributed by atoms with Crippen molar-refractivity contribution in [3.05, 3.63) is 16.1 Å². The Morgan fingerprint density at radius 2 is 2.10 bits per heavy atom. The predicted molar refractivity (Wildman–Crippen MR) is 75.6 cm³/mol.